The molecule has 0 amide bonds. The summed E-state index contributed by atoms with van der Waals surface area (Å²) in [6.07, 6.45) is 1.39. The molecule has 3 nitrogen and oxygen atoms in total. The van der Waals surface area contributed by atoms with Crippen LogP contribution < -0.4 is 4.72 Å². The quantitative estimate of drug-likeness (QED) is 0.753. The highest BCUT2D eigenvalue weighted by atomic mass is 35.5. The van der Waals surface area contributed by atoms with Gasteiger partial charge in [0.05, 0.1) is 10.7 Å². The molecule has 0 aliphatic heterocycles. The molecule has 13 heavy (non-hydrogen) atoms. The lowest BCUT2D eigenvalue weighted by Crippen LogP contribution is -2.01. The number of anilines is 1. The lowest BCUT2D eigenvalue weighted by atomic mass is 10.3. The largest absolute Gasteiger partial charge is 0.506 e. The van der Waals surface area contributed by atoms with E-state index in [2.05, 4.69) is 4.72 Å². The van der Waals surface area contributed by atoms with Crippen molar-refractivity contribution >= 4 is 28.3 Å². The van der Waals surface area contributed by atoms with Gasteiger partial charge in [0.15, 0.2) is 0 Å². The molecule has 0 aliphatic carbocycles. The van der Waals surface area contributed by atoms with E-state index in [0.717, 1.165) is 6.07 Å². The average molecular weight is 224 g/mol. The zero-order valence-corrected chi connectivity index (χ0v) is 8.25. The molecule has 0 heterocycles. The van der Waals surface area contributed by atoms with Crippen LogP contribution in [0.2, 0.25) is 5.02 Å². The Balaban J connectivity index is 3.08. The first kappa shape index (κ1) is 10.3. The van der Waals surface area contributed by atoms with Crippen molar-refractivity contribution in [2.24, 2.45) is 0 Å². The van der Waals surface area contributed by atoms with Gasteiger partial charge in [0.2, 0.25) is 0 Å². The molecule has 0 saturated heterocycles. The molecule has 72 valence electrons. The van der Waals surface area contributed by atoms with E-state index < -0.39 is 16.8 Å². The normalized spacial score (nSPS) is 12.5. The van der Waals surface area contributed by atoms with Gasteiger partial charge >= 0.3 is 0 Å². The fourth-order valence-corrected chi connectivity index (χ4v) is 1.41. The van der Waals surface area contributed by atoms with Crippen LogP contribution in [-0.4, -0.2) is 15.6 Å². The van der Waals surface area contributed by atoms with Crippen LogP contribution in [0.3, 0.4) is 0 Å². The summed E-state index contributed by atoms with van der Waals surface area (Å²) < 4.78 is 25.8. The maximum atomic E-state index is 12.7. The van der Waals surface area contributed by atoms with E-state index in [1.165, 1.54) is 12.3 Å². The van der Waals surface area contributed by atoms with E-state index >= 15 is 0 Å². The number of phenols is 1. The molecule has 0 aliphatic rings. The second-order valence-electron chi connectivity index (χ2n) is 2.34. The minimum absolute atomic E-state index is 0.134. The monoisotopic (exact) mass is 223 g/mol. The number of rotatable bonds is 2. The Morgan fingerprint density at radius 3 is 2.77 bits per heavy atom. The minimum Gasteiger partial charge on any atom is -0.506 e. The zero-order chi connectivity index (χ0) is 10.0. The van der Waals surface area contributed by atoms with Gasteiger partial charge in [0.25, 0.3) is 0 Å². The van der Waals surface area contributed by atoms with Crippen molar-refractivity contribution in [2.45, 2.75) is 0 Å². The Morgan fingerprint density at radius 2 is 2.23 bits per heavy atom. The van der Waals surface area contributed by atoms with Crippen molar-refractivity contribution in [3.63, 3.8) is 0 Å². The molecule has 6 heteroatoms. The highest BCUT2D eigenvalue weighted by Gasteiger charge is 2.07. The lowest BCUT2D eigenvalue weighted by molar-refractivity contribution is 0.472. The standard InChI is InChI=1S/C7H7ClFNO2S/c1-13(12)10-6-2-4(8)5(9)3-7(6)11/h2-3,10-11H,1H3. The number of halogens is 2. The number of hydrogen-bond donors (Lipinski definition) is 2. The SMILES string of the molecule is CS(=O)Nc1cc(Cl)c(F)cc1O. The molecule has 1 rings (SSSR count). The summed E-state index contributed by atoms with van der Waals surface area (Å²) in [5.41, 5.74) is 0.146. The van der Waals surface area contributed by atoms with Gasteiger partial charge < -0.3 is 9.83 Å². The van der Waals surface area contributed by atoms with Crippen LogP contribution in [0.4, 0.5) is 10.1 Å². The topological polar surface area (TPSA) is 49.3 Å². The molecule has 0 saturated carbocycles. The second-order valence-corrected chi connectivity index (χ2v) is 3.86. The molecular weight excluding hydrogens is 217 g/mol. The Bertz CT molecular complexity index is 359. The van der Waals surface area contributed by atoms with Crippen molar-refractivity contribution in [2.75, 3.05) is 11.0 Å². The lowest BCUT2D eigenvalue weighted by Gasteiger charge is -2.05. The van der Waals surface area contributed by atoms with Crippen molar-refractivity contribution in [1.29, 1.82) is 0 Å². The van der Waals surface area contributed by atoms with Crippen LogP contribution in [-0.2, 0) is 11.0 Å². The van der Waals surface area contributed by atoms with Gasteiger partial charge in [-0.25, -0.2) is 8.60 Å². The molecule has 1 atom stereocenters. The number of aromatic hydroxyl groups is 1. The van der Waals surface area contributed by atoms with E-state index in [4.69, 9.17) is 16.7 Å². The predicted octanol–water partition coefficient (Wildman–Crippen LogP) is 1.89. The van der Waals surface area contributed by atoms with E-state index in [9.17, 15) is 8.60 Å². The Hall–Kier alpha value is -0.810. The first-order chi connectivity index (χ1) is 6.00. The minimum atomic E-state index is -1.33. The Morgan fingerprint density at radius 1 is 1.62 bits per heavy atom. The van der Waals surface area contributed by atoms with Crippen molar-refractivity contribution in [1.82, 2.24) is 0 Å². The molecule has 2 N–H and O–H groups in total. The highest BCUT2D eigenvalue weighted by molar-refractivity contribution is 7.85. The Kier molecular flexibility index (Phi) is 3.11. The van der Waals surface area contributed by atoms with Crippen LogP contribution in [0, 0.1) is 5.82 Å². The number of benzene rings is 1. The molecule has 0 bridgehead atoms. The molecule has 0 radical (unpaired) electrons. The van der Waals surface area contributed by atoms with Gasteiger partial charge in [0, 0.05) is 12.3 Å². The summed E-state index contributed by atoms with van der Waals surface area (Å²) in [4.78, 5) is 0. The van der Waals surface area contributed by atoms with E-state index in [-0.39, 0.29) is 16.5 Å². The van der Waals surface area contributed by atoms with Gasteiger partial charge in [-0.1, -0.05) is 11.6 Å². The average Bonchev–Trinajstić information content (AvgIpc) is 1.99. The third-order valence-corrected chi connectivity index (χ3v) is 2.09. The summed E-state index contributed by atoms with van der Waals surface area (Å²) in [6.45, 7) is 0. The smallest absolute Gasteiger partial charge is 0.145 e. The third-order valence-electron chi connectivity index (χ3n) is 1.29. The fraction of sp³-hybridized carbons (Fsp3) is 0.143. The van der Waals surface area contributed by atoms with Crippen LogP contribution in [0.5, 0.6) is 5.75 Å². The number of phenolic OH excluding ortho intramolecular Hbond substituents is 1. The van der Waals surface area contributed by atoms with Gasteiger partial charge in [0.1, 0.15) is 22.6 Å². The summed E-state index contributed by atoms with van der Waals surface area (Å²) in [6, 6.07) is 2.03. The molecule has 0 spiro atoms. The van der Waals surface area contributed by atoms with Gasteiger partial charge in [-0.3, -0.25) is 0 Å². The van der Waals surface area contributed by atoms with Gasteiger partial charge in [-0.2, -0.15) is 0 Å². The van der Waals surface area contributed by atoms with Crippen molar-refractivity contribution < 1.29 is 13.7 Å². The van der Waals surface area contributed by atoms with E-state index in [1.807, 2.05) is 0 Å². The summed E-state index contributed by atoms with van der Waals surface area (Å²) in [5, 5.41) is 9.04. The molecule has 1 unspecified atom stereocenters. The summed E-state index contributed by atoms with van der Waals surface area (Å²) >= 11 is 5.44. The maximum absolute atomic E-state index is 12.7. The molecule has 1 aromatic carbocycles. The van der Waals surface area contributed by atoms with Crippen LogP contribution in [0.25, 0.3) is 0 Å². The van der Waals surface area contributed by atoms with E-state index in [1.54, 1.807) is 0 Å². The fourth-order valence-electron chi connectivity index (χ4n) is 0.773. The second kappa shape index (κ2) is 3.93. The van der Waals surface area contributed by atoms with Gasteiger partial charge in [-0.05, 0) is 6.07 Å². The molecule has 0 fully saturated rings. The van der Waals surface area contributed by atoms with Crippen LogP contribution in [0.15, 0.2) is 12.1 Å². The van der Waals surface area contributed by atoms with Crippen LogP contribution in [0.1, 0.15) is 0 Å². The first-order valence-corrected chi connectivity index (χ1v) is 5.22. The summed E-state index contributed by atoms with van der Waals surface area (Å²) in [5.74, 6) is -1.04. The maximum Gasteiger partial charge on any atom is 0.145 e. The van der Waals surface area contributed by atoms with Crippen molar-refractivity contribution in [3.05, 3.63) is 23.0 Å². The molecule has 0 aromatic heterocycles. The van der Waals surface area contributed by atoms with Crippen LogP contribution >= 0.6 is 11.6 Å². The molecule has 1 aromatic rings. The number of nitrogens with one attached hydrogen (secondary N) is 1. The van der Waals surface area contributed by atoms with Crippen molar-refractivity contribution in [3.8, 4) is 5.75 Å². The summed E-state index contributed by atoms with van der Waals surface area (Å²) in [7, 11) is -1.33. The van der Waals surface area contributed by atoms with E-state index in [0.29, 0.717) is 0 Å². The Labute approximate surface area is 82.1 Å². The predicted molar refractivity (Wildman–Crippen MR) is 50.8 cm³/mol. The third kappa shape index (κ3) is 2.57. The first-order valence-electron chi connectivity index (χ1n) is 3.29. The highest BCUT2D eigenvalue weighted by Crippen LogP contribution is 2.29. The molecular formula is C7H7ClFNO2S. The zero-order valence-electron chi connectivity index (χ0n) is 6.67. The number of hydrogen-bond acceptors (Lipinski definition) is 2. The van der Waals surface area contributed by atoms with Gasteiger partial charge in [-0.15, -0.1) is 0 Å².